The maximum atomic E-state index is 12.6. The van der Waals surface area contributed by atoms with E-state index in [1.54, 1.807) is 55.6 Å². The van der Waals surface area contributed by atoms with Gasteiger partial charge in [0.1, 0.15) is 17.5 Å². The van der Waals surface area contributed by atoms with Crippen LogP contribution in [0.15, 0.2) is 48.5 Å². The van der Waals surface area contributed by atoms with Crippen molar-refractivity contribution < 1.29 is 22.7 Å². The van der Waals surface area contributed by atoms with Gasteiger partial charge in [0.15, 0.2) is 0 Å². The van der Waals surface area contributed by atoms with Crippen LogP contribution in [0.2, 0.25) is 0 Å². The summed E-state index contributed by atoms with van der Waals surface area (Å²) in [5.41, 5.74) is 0.927. The molecule has 0 unspecified atom stereocenters. The number of ether oxygens (including phenoxy) is 2. The molecule has 2 aromatic rings. The molecule has 0 aliphatic rings. The van der Waals surface area contributed by atoms with Gasteiger partial charge >= 0.3 is 0 Å². The fourth-order valence-electron chi connectivity index (χ4n) is 2.46. The molecule has 26 heavy (non-hydrogen) atoms. The van der Waals surface area contributed by atoms with Crippen LogP contribution in [-0.2, 0) is 14.8 Å². The van der Waals surface area contributed by atoms with Gasteiger partial charge in [-0.1, -0.05) is 0 Å². The van der Waals surface area contributed by atoms with Gasteiger partial charge in [-0.2, -0.15) is 0 Å². The van der Waals surface area contributed by atoms with Crippen LogP contribution >= 0.6 is 0 Å². The Labute approximate surface area is 153 Å². The van der Waals surface area contributed by atoms with Gasteiger partial charge in [0, 0.05) is 5.69 Å². The lowest BCUT2D eigenvalue weighted by Gasteiger charge is -2.28. The number of amides is 1. The van der Waals surface area contributed by atoms with E-state index in [2.05, 4.69) is 5.32 Å². The lowest BCUT2D eigenvalue weighted by atomic mass is 10.2. The Morgan fingerprint density at radius 1 is 0.962 bits per heavy atom. The zero-order chi connectivity index (χ0) is 19.3. The van der Waals surface area contributed by atoms with Gasteiger partial charge in [0.2, 0.25) is 15.9 Å². The molecule has 0 aliphatic carbocycles. The minimum atomic E-state index is -3.67. The molecule has 2 rings (SSSR count). The maximum absolute atomic E-state index is 12.6. The van der Waals surface area contributed by atoms with Crippen molar-refractivity contribution in [1.29, 1.82) is 0 Å². The van der Waals surface area contributed by atoms with E-state index in [1.807, 2.05) is 0 Å². The first-order valence-electron chi connectivity index (χ1n) is 7.84. The van der Waals surface area contributed by atoms with Gasteiger partial charge in [-0.3, -0.25) is 9.10 Å². The molecule has 0 heterocycles. The molecular formula is C18H22N2O5S. The second-order valence-electron chi connectivity index (χ2n) is 5.65. The maximum Gasteiger partial charge on any atom is 0.247 e. The minimum Gasteiger partial charge on any atom is -0.497 e. The molecule has 2 aromatic carbocycles. The van der Waals surface area contributed by atoms with Crippen LogP contribution in [0.3, 0.4) is 0 Å². The summed E-state index contributed by atoms with van der Waals surface area (Å²) in [5, 5.41) is 2.71. The van der Waals surface area contributed by atoms with E-state index in [0.717, 1.165) is 10.6 Å². The zero-order valence-electron chi connectivity index (χ0n) is 15.1. The van der Waals surface area contributed by atoms with Crippen LogP contribution in [-0.4, -0.2) is 40.8 Å². The molecular weight excluding hydrogens is 356 g/mol. The number of hydrogen-bond donors (Lipinski definition) is 1. The van der Waals surface area contributed by atoms with Crippen molar-refractivity contribution >= 4 is 27.3 Å². The fraction of sp³-hybridized carbons (Fsp3) is 0.278. The van der Waals surface area contributed by atoms with Crippen LogP contribution in [0.1, 0.15) is 6.92 Å². The van der Waals surface area contributed by atoms with Crippen molar-refractivity contribution in [1.82, 2.24) is 0 Å². The predicted octanol–water partition coefficient (Wildman–Crippen LogP) is 2.50. The largest absolute Gasteiger partial charge is 0.497 e. The second kappa shape index (κ2) is 8.09. The number of carbonyl (C=O) groups is 1. The van der Waals surface area contributed by atoms with Crippen LogP contribution in [0.25, 0.3) is 0 Å². The summed E-state index contributed by atoms with van der Waals surface area (Å²) in [4.78, 5) is 12.6. The third-order valence-electron chi connectivity index (χ3n) is 3.77. The highest BCUT2D eigenvalue weighted by molar-refractivity contribution is 7.92. The predicted molar refractivity (Wildman–Crippen MR) is 101 cm³/mol. The molecule has 0 spiro atoms. The topological polar surface area (TPSA) is 84.9 Å². The van der Waals surface area contributed by atoms with E-state index in [1.165, 1.54) is 14.0 Å². The fourth-order valence-corrected chi connectivity index (χ4v) is 3.63. The van der Waals surface area contributed by atoms with E-state index in [0.29, 0.717) is 22.9 Å². The molecule has 1 amide bonds. The Morgan fingerprint density at radius 2 is 1.42 bits per heavy atom. The molecule has 140 valence electrons. The minimum absolute atomic E-state index is 0.380. The van der Waals surface area contributed by atoms with E-state index in [-0.39, 0.29) is 0 Å². The number of methoxy groups -OCH3 is 2. The van der Waals surface area contributed by atoms with E-state index in [4.69, 9.17) is 9.47 Å². The highest BCUT2D eigenvalue weighted by atomic mass is 32.2. The van der Waals surface area contributed by atoms with Crippen molar-refractivity contribution in [2.75, 3.05) is 30.1 Å². The number of benzene rings is 2. The molecule has 0 aromatic heterocycles. The van der Waals surface area contributed by atoms with Gasteiger partial charge in [0.05, 0.1) is 26.2 Å². The second-order valence-corrected chi connectivity index (χ2v) is 7.51. The summed E-state index contributed by atoms with van der Waals surface area (Å²) in [7, 11) is -0.601. The van der Waals surface area contributed by atoms with Crippen LogP contribution in [0.5, 0.6) is 11.5 Å². The van der Waals surface area contributed by atoms with Crippen LogP contribution < -0.4 is 19.1 Å². The zero-order valence-corrected chi connectivity index (χ0v) is 15.9. The Balaban J connectivity index is 2.24. The lowest BCUT2D eigenvalue weighted by molar-refractivity contribution is -0.116. The van der Waals surface area contributed by atoms with Crippen molar-refractivity contribution in [2.45, 2.75) is 13.0 Å². The van der Waals surface area contributed by atoms with Crippen molar-refractivity contribution in [3.8, 4) is 11.5 Å². The first kappa shape index (κ1) is 19.6. The molecule has 0 radical (unpaired) electrons. The smallest absolute Gasteiger partial charge is 0.247 e. The first-order chi connectivity index (χ1) is 12.3. The molecule has 1 atom stereocenters. The van der Waals surface area contributed by atoms with Gasteiger partial charge in [-0.15, -0.1) is 0 Å². The number of anilines is 2. The third-order valence-corrected chi connectivity index (χ3v) is 5.01. The number of hydrogen-bond acceptors (Lipinski definition) is 5. The normalized spacial score (nSPS) is 12.2. The van der Waals surface area contributed by atoms with Crippen LogP contribution in [0.4, 0.5) is 11.4 Å². The van der Waals surface area contributed by atoms with E-state index >= 15 is 0 Å². The van der Waals surface area contributed by atoms with E-state index < -0.39 is 22.0 Å². The molecule has 0 fully saturated rings. The summed E-state index contributed by atoms with van der Waals surface area (Å²) in [5.74, 6) is 0.806. The van der Waals surface area contributed by atoms with Gasteiger partial charge in [-0.05, 0) is 55.5 Å². The first-order valence-corrected chi connectivity index (χ1v) is 9.69. The quantitative estimate of drug-likeness (QED) is 0.800. The monoisotopic (exact) mass is 378 g/mol. The van der Waals surface area contributed by atoms with Crippen molar-refractivity contribution in [2.24, 2.45) is 0 Å². The number of sulfonamides is 1. The Kier molecular flexibility index (Phi) is 6.10. The summed E-state index contributed by atoms with van der Waals surface area (Å²) in [6.45, 7) is 1.53. The molecule has 0 saturated heterocycles. The van der Waals surface area contributed by atoms with Gasteiger partial charge < -0.3 is 14.8 Å². The average molecular weight is 378 g/mol. The Hall–Kier alpha value is -2.74. The SMILES string of the molecule is COc1ccc(NC(=O)[C@@H](C)N(c2ccc(OC)cc2)S(C)(=O)=O)cc1. The van der Waals surface area contributed by atoms with Crippen LogP contribution in [0, 0.1) is 0 Å². The Bertz CT molecular complexity index is 848. The molecule has 0 bridgehead atoms. The lowest BCUT2D eigenvalue weighted by Crippen LogP contribution is -2.45. The molecule has 0 saturated carbocycles. The number of nitrogens with one attached hydrogen (secondary N) is 1. The Morgan fingerprint density at radius 3 is 1.85 bits per heavy atom. The number of rotatable bonds is 7. The summed E-state index contributed by atoms with van der Waals surface area (Å²) < 4.78 is 35.8. The molecule has 1 N–H and O–H groups in total. The average Bonchev–Trinajstić information content (AvgIpc) is 2.61. The molecule has 8 heteroatoms. The molecule has 0 aliphatic heterocycles. The summed E-state index contributed by atoms with van der Waals surface area (Å²) in [6, 6.07) is 12.3. The summed E-state index contributed by atoms with van der Waals surface area (Å²) >= 11 is 0. The van der Waals surface area contributed by atoms with E-state index in [9.17, 15) is 13.2 Å². The number of nitrogens with zero attached hydrogens (tertiary/aromatic N) is 1. The van der Waals surface area contributed by atoms with Crippen molar-refractivity contribution in [3.63, 3.8) is 0 Å². The standard InChI is InChI=1S/C18H22N2O5S/c1-13(18(21)19-14-5-9-16(24-2)10-6-14)20(26(4,22)23)15-7-11-17(25-3)12-8-15/h5-13H,1-4H3,(H,19,21)/t13-/m1/s1. The summed E-state index contributed by atoms with van der Waals surface area (Å²) in [6.07, 6.45) is 1.06. The van der Waals surface area contributed by atoms with Crippen molar-refractivity contribution in [3.05, 3.63) is 48.5 Å². The van der Waals surface area contributed by atoms with Gasteiger partial charge in [-0.25, -0.2) is 8.42 Å². The highest BCUT2D eigenvalue weighted by Gasteiger charge is 2.29. The highest BCUT2D eigenvalue weighted by Crippen LogP contribution is 2.24. The third kappa shape index (κ3) is 4.66. The number of carbonyl (C=O) groups excluding carboxylic acids is 1. The molecule has 7 nitrogen and oxygen atoms in total. The van der Waals surface area contributed by atoms with Gasteiger partial charge in [0.25, 0.3) is 0 Å².